The van der Waals surface area contributed by atoms with Crippen LogP contribution in [0, 0.1) is 0 Å². The highest BCUT2D eigenvalue weighted by molar-refractivity contribution is 4.73. The fourth-order valence-corrected chi connectivity index (χ4v) is 1.84. The highest BCUT2D eigenvalue weighted by Gasteiger charge is 2.17. The second-order valence-electron chi connectivity index (χ2n) is 4.20. The zero-order chi connectivity index (χ0) is 11.1. The highest BCUT2D eigenvalue weighted by atomic mass is 16.5. The van der Waals surface area contributed by atoms with Gasteiger partial charge >= 0.3 is 0 Å². The molecule has 1 aliphatic rings. The van der Waals surface area contributed by atoms with Gasteiger partial charge in [-0.15, -0.1) is 0 Å². The summed E-state index contributed by atoms with van der Waals surface area (Å²) in [5.41, 5.74) is 0. The first kappa shape index (κ1) is 12.9. The Morgan fingerprint density at radius 1 is 1.20 bits per heavy atom. The van der Waals surface area contributed by atoms with Crippen molar-refractivity contribution >= 4 is 0 Å². The van der Waals surface area contributed by atoms with Gasteiger partial charge in [-0.3, -0.25) is 9.80 Å². The Morgan fingerprint density at radius 3 is 2.33 bits per heavy atom. The second kappa shape index (κ2) is 7.17. The second-order valence-corrected chi connectivity index (χ2v) is 4.20. The number of ether oxygens (including phenoxy) is 1. The number of piperazine rings is 1. The Hall–Kier alpha value is -0.160. The zero-order valence-electron chi connectivity index (χ0n) is 9.98. The average Bonchev–Trinajstić information content (AvgIpc) is 2.28. The molecule has 1 heterocycles. The molecular formula is C11H24N2O2. The normalized spacial score (nSPS) is 21.8. The number of hydrogen-bond donors (Lipinski definition) is 1. The first-order chi connectivity index (χ1) is 7.26. The van der Waals surface area contributed by atoms with E-state index in [2.05, 4.69) is 9.80 Å². The number of rotatable bonds is 6. The molecule has 0 aromatic heterocycles. The number of methoxy groups -OCH3 is 1. The molecule has 0 radical (unpaired) electrons. The molecule has 90 valence electrons. The first-order valence-corrected chi connectivity index (χ1v) is 5.88. The van der Waals surface area contributed by atoms with Crippen LogP contribution in [-0.2, 0) is 4.74 Å². The molecule has 1 aliphatic heterocycles. The Kier molecular flexibility index (Phi) is 6.17. The fraction of sp³-hybridized carbons (Fsp3) is 1.00. The molecule has 0 amide bonds. The maximum absolute atomic E-state index is 9.54. The van der Waals surface area contributed by atoms with E-state index in [1.54, 1.807) is 7.11 Å². The topological polar surface area (TPSA) is 35.9 Å². The lowest BCUT2D eigenvalue weighted by atomic mass is 10.2. The van der Waals surface area contributed by atoms with Crippen LogP contribution < -0.4 is 0 Å². The van der Waals surface area contributed by atoms with Crippen molar-refractivity contribution in [2.24, 2.45) is 0 Å². The maximum Gasteiger partial charge on any atom is 0.0664 e. The van der Waals surface area contributed by atoms with E-state index in [-0.39, 0.29) is 6.10 Å². The summed E-state index contributed by atoms with van der Waals surface area (Å²) in [6.45, 7) is 9.04. The van der Waals surface area contributed by atoms with Crippen molar-refractivity contribution in [1.29, 1.82) is 0 Å². The van der Waals surface area contributed by atoms with Gasteiger partial charge in [-0.05, 0) is 6.42 Å². The predicted octanol–water partition coefficient (Wildman–Crippen LogP) is 0.0213. The van der Waals surface area contributed by atoms with Gasteiger partial charge in [0.1, 0.15) is 0 Å². The van der Waals surface area contributed by atoms with Gasteiger partial charge in [-0.2, -0.15) is 0 Å². The quantitative estimate of drug-likeness (QED) is 0.679. The Morgan fingerprint density at radius 2 is 1.80 bits per heavy atom. The molecule has 0 aromatic rings. The Labute approximate surface area is 92.8 Å². The maximum atomic E-state index is 9.54. The number of aliphatic hydroxyl groups excluding tert-OH is 1. The number of nitrogens with zero attached hydrogens (tertiary/aromatic N) is 2. The third-order valence-corrected chi connectivity index (χ3v) is 3.02. The van der Waals surface area contributed by atoms with E-state index in [1.165, 1.54) is 0 Å². The summed E-state index contributed by atoms with van der Waals surface area (Å²) in [7, 11) is 1.74. The van der Waals surface area contributed by atoms with Crippen molar-refractivity contribution in [2.45, 2.75) is 19.4 Å². The minimum Gasteiger partial charge on any atom is -0.392 e. The van der Waals surface area contributed by atoms with Crippen molar-refractivity contribution < 1.29 is 9.84 Å². The molecular weight excluding hydrogens is 192 g/mol. The van der Waals surface area contributed by atoms with Gasteiger partial charge in [-0.1, -0.05) is 6.92 Å². The van der Waals surface area contributed by atoms with Gasteiger partial charge in [0, 0.05) is 46.4 Å². The van der Waals surface area contributed by atoms with Crippen molar-refractivity contribution in [3.8, 4) is 0 Å². The zero-order valence-corrected chi connectivity index (χ0v) is 9.98. The monoisotopic (exact) mass is 216 g/mol. The van der Waals surface area contributed by atoms with Crippen LogP contribution in [0.4, 0.5) is 0 Å². The van der Waals surface area contributed by atoms with E-state index >= 15 is 0 Å². The summed E-state index contributed by atoms with van der Waals surface area (Å²) in [4.78, 5) is 4.76. The molecule has 0 spiro atoms. The first-order valence-electron chi connectivity index (χ1n) is 5.88. The molecule has 0 saturated carbocycles. The lowest BCUT2D eigenvalue weighted by Gasteiger charge is -2.35. The minimum atomic E-state index is -0.157. The third kappa shape index (κ3) is 4.93. The van der Waals surface area contributed by atoms with Crippen LogP contribution in [-0.4, -0.2) is 74.0 Å². The van der Waals surface area contributed by atoms with Gasteiger partial charge in [0.05, 0.1) is 12.7 Å². The molecule has 4 nitrogen and oxygen atoms in total. The lowest BCUT2D eigenvalue weighted by molar-refractivity contribution is 0.0601. The van der Waals surface area contributed by atoms with E-state index < -0.39 is 0 Å². The smallest absolute Gasteiger partial charge is 0.0664 e. The molecule has 0 bridgehead atoms. The van der Waals surface area contributed by atoms with Crippen molar-refractivity contribution in [3.05, 3.63) is 0 Å². The van der Waals surface area contributed by atoms with Crippen LogP contribution in [0.15, 0.2) is 0 Å². The van der Waals surface area contributed by atoms with E-state index in [4.69, 9.17) is 4.74 Å². The molecule has 1 rings (SSSR count). The molecule has 4 heteroatoms. The van der Waals surface area contributed by atoms with E-state index in [0.29, 0.717) is 0 Å². The molecule has 1 unspecified atom stereocenters. The average molecular weight is 216 g/mol. The van der Waals surface area contributed by atoms with Crippen molar-refractivity contribution in [1.82, 2.24) is 9.80 Å². The van der Waals surface area contributed by atoms with Crippen LogP contribution in [0.1, 0.15) is 13.3 Å². The summed E-state index contributed by atoms with van der Waals surface area (Å²) in [5.74, 6) is 0. The summed E-state index contributed by atoms with van der Waals surface area (Å²) < 4.78 is 5.06. The summed E-state index contributed by atoms with van der Waals surface area (Å²) >= 11 is 0. The van der Waals surface area contributed by atoms with E-state index in [9.17, 15) is 5.11 Å². The fourth-order valence-electron chi connectivity index (χ4n) is 1.84. The van der Waals surface area contributed by atoms with Crippen LogP contribution in [0.5, 0.6) is 0 Å². The van der Waals surface area contributed by atoms with Gasteiger partial charge in [0.25, 0.3) is 0 Å². The Bertz CT molecular complexity index is 159. The summed E-state index contributed by atoms with van der Waals surface area (Å²) in [6, 6.07) is 0. The van der Waals surface area contributed by atoms with Crippen molar-refractivity contribution in [2.75, 3.05) is 53.0 Å². The molecule has 1 fully saturated rings. The van der Waals surface area contributed by atoms with Crippen LogP contribution in [0.25, 0.3) is 0 Å². The number of hydrogen-bond acceptors (Lipinski definition) is 4. The van der Waals surface area contributed by atoms with Gasteiger partial charge in [-0.25, -0.2) is 0 Å². The van der Waals surface area contributed by atoms with Crippen molar-refractivity contribution in [3.63, 3.8) is 0 Å². The van der Waals surface area contributed by atoms with Crippen LogP contribution in [0.2, 0.25) is 0 Å². The Balaban J connectivity index is 2.12. The molecule has 0 aliphatic carbocycles. The minimum absolute atomic E-state index is 0.157. The molecule has 1 atom stereocenters. The highest BCUT2D eigenvalue weighted by Crippen LogP contribution is 2.03. The predicted molar refractivity (Wildman–Crippen MR) is 61.1 cm³/mol. The largest absolute Gasteiger partial charge is 0.392 e. The van der Waals surface area contributed by atoms with Gasteiger partial charge < -0.3 is 9.84 Å². The summed E-state index contributed by atoms with van der Waals surface area (Å²) in [5, 5.41) is 9.54. The van der Waals surface area contributed by atoms with E-state index in [1.807, 2.05) is 6.92 Å². The standard InChI is InChI=1S/C11H24N2O2/c1-3-11(14)10-13-6-4-12(5-7-13)8-9-15-2/h11,14H,3-10H2,1-2H3. The molecule has 15 heavy (non-hydrogen) atoms. The molecule has 1 saturated heterocycles. The lowest BCUT2D eigenvalue weighted by Crippen LogP contribution is -2.49. The number of β-amino-alcohol motifs (C(OH)–C–C–N with tert-alkyl or cyclic N) is 1. The SMILES string of the molecule is CCC(O)CN1CCN(CCOC)CC1. The van der Waals surface area contributed by atoms with E-state index in [0.717, 1.165) is 52.3 Å². The molecule has 1 N–H and O–H groups in total. The third-order valence-electron chi connectivity index (χ3n) is 3.02. The van der Waals surface area contributed by atoms with Gasteiger partial charge in [0.15, 0.2) is 0 Å². The molecule has 0 aromatic carbocycles. The van der Waals surface area contributed by atoms with Crippen LogP contribution in [0.3, 0.4) is 0 Å². The number of aliphatic hydroxyl groups is 1. The summed E-state index contributed by atoms with van der Waals surface area (Å²) in [6.07, 6.45) is 0.694. The van der Waals surface area contributed by atoms with Gasteiger partial charge in [0.2, 0.25) is 0 Å². The van der Waals surface area contributed by atoms with Crippen LogP contribution >= 0.6 is 0 Å².